The van der Waals surface area contributed by atoms with Crippen LogP contribution in [0.15, 0.2) is 54.9 Å². The molecular formula is C19H19F3N2O4. The van der Waals surface area contributed by atoms with Crippen molar-refractivity contribution in [2.24, 2.45) is 0 Å². The van der Waals surface area contributed by atoms with Crippen LogP contribution in [0.2, 0.25) is 0 Å². The number of pyridine rings is 1. The third kappa shape index (κ3) is 6.34. The van der Waals surface area contributed by atoms with E-state index in [1.54, 1.807) is 24.5 Å². The normalized spacial score (nSPS) is 19.1. The Morgan fingerprint density at radius 3 is 2.29 bits per heavy atom. The molecule has 0 spiro atoms. The number of aromatic nitrogens is 1. The summed E-state index contributed by atoms with van der Waals surface area (Å²) < 4.78 is 37.5. The first-order valence-corrected chi connectivity index (χ1v) is 8.46. The molecule has 1 aromatic heterocycles. The molecule has 1 aliphatic rings. The number of nitrogens with zero attached hydrogens (tertiary/aromatic N) is 1. The summed E-state index contributed by atoms with van der Waals surface area (Å²) in [5.74, 6) is -2.79. The molecule has 1 saturated heterocycles. The lowest BCUT2D eigenvalue weighted by Gasteiger charge is -2.32. The van der Waals surface area contributed by atoms with E-state index < -0.39 is 12.1 Å². The predicted octanol–water partition coefficient (Wildman–Crippen LogP) is 3.02. The van der Waals surface area contributed by atoms with Crippen molar-refractivity contribution in [3.05, 3.63) is 66.0 Å². The van der Waals surface area contributed by atoms with Gasteiger partial charge in [0, 0.05) is 24.9 Å². The number of rotatable bonds is 3. The van der Waals surface area contributed by atoms with Crippen LogP contribution in [0.5, 0.6) is 0 Å². The Morgan fingerprint density at radius 1 is 1.11 bits per heavy atom. The largest absolute Gasteiger partial charge is 0.490 e. The van der Waals surface area contributed by atoms with E-state index >= 15 is 0 Å². The van der Waals surface area contributed by atoms with Gasteiger partial charge in [-0.2, -0.15) is 13.2 Å². The average Bonchev–Trinajstić information content (AvgIpc) is 2.69. The molecule has 2 atom stereocenters. The molecule has 2 N–H and O–H groups in total. The van der Waals surface area contributed by atoms with Crippen LogP contribution in [-0.4, -0.2) is 47.4 Å². The SMILES string of the molecule is O=C(O)C(F)(F)F.O=C(O[C@H]1CNCC[C@@H]1c1ccccc1)c1ccncc1. The van der Waals surface area contributed by atoms with Crippen molar-refractivity contribution in [1.29, 1.82) is 0 Å². The molecule has 1 aliphatic heterocycles. The molecule has 9 heteroatoms. The highest BCUT2D eigenvalue weighted by Crippen LogP contribution is 2.28. The maximum atomic E-state index is 12.2. The van der Waals surface area contributed by atoms with Crippen molar-refractivity contribution in [2.75, 3.05) is 13.1 Å². The molecule has 0 radical (unpaired) electrons. The van der Waals surface area contributed by atoms with E-state index in [1.165, 1.54) is 5.56 Å². The van der Waals surface area contributed by atoms with Crippen molar-refractivity contribution < 1.29 is 32.6 Å². The van der Waals surface area contributed by atoms with Gasteiger partial charge in [0.1, 0.15) is 6.10 Å². The Hall–Kier alpha value is -2.94. The Morgan fingerprint density at radius 2 is 1.71 bits per heavy atom. The first-order chi connectivity index (χ1) is 13.3. The van der Waals surface area contributed by atoms with Crippen LogP contribution in [0.3, 0.4) is 0 Å². The first kappa shape index (κ1) is 21.4. The average molecular weight is 396 g/mol. The summed E-state index contributed by atoms with van der Waals surface area (Å²) in [6, 6.07) is 13.6. The van der Waals surface area contributed by atoms with Gasteiger partial charge in [-0.1, -0.05) is 30.3 Å². The number of nitrogens with one attached hydrogen (secondary N) is 1. The van der Waals surface area contributed by atoms with Crippen LogP contribution in [0.1, 0.15) is 28.3 Å². The third-order valence-corrected chi connectivity index (χ3v) is 4.07. The summed E-state index contributed by atoms with van der Waals surface area (Å²) in [7, 11) is 0. The second-order valence-electron chi connectivity index (χ2n) is 5.99. The quantitative estimate of drug-likeness (QED) is 0.776. The van der Waals surface area contributed by atoms with Gasteiger partial charge in [-0.05, 0) is 30.7 Å². The second-order valence-corrected chi connectivity index (χ2v) is 5.99. The number of carboxylic acid groups (broad SMARTS) is 1. The molecule has 6 nitrogen and oxygen atoms in total. The van der Waals surface area contributed by atoms with Crippen molar-refractivity contribution in [3.8, 4) is 0 Å². The van der Waals surface area contributed by atoms with Gasteiger partial charge >= 0.3 is 18.1 Å². The zero-order valence-corrected chi connectivity index (χ0v) is 14.7. The fourth-order valence-corrected chi connectivity index (χ4v) is 2.73. The number of piperidine rings is 1. The molecule has 1 aromatic carbocycles. The summed E-state index contributed by atoms with van der Waals surface area (Å²) in [5.41, 5.74) is 1.77. The summed E-state index contributed by atoms with van der Waals surface area (Å²) in [6.07, 6.45) is -1.05. The van der Waals surface area contributed by atoms with Crippen molar-refractivity contribution in [3.63, 3.8) is 0 Å². The molecule has 0 unspecified atom stereocenters. The van der Waals surface area contributed by atoms with E-state index in [9.17, 15) is 18.0 Å². The molecule has 0 bridgehead atoms. The minimum absolute atomic E-state index is 0.137. The van der Waals surface area contributed by atoms with Gasteiger partial charge in [0.25, 0.3) is 0 Å². The van der Waals surface area contributed by atoms with Crippen molar-refractivity contribution >= 4 is 11.9 Å². The van der Waals surface area contributed by atoms with Gasteiger partial charge < -0.3 is 15.2 Å². The minimum atomic E-state index is -5.08. The molecule has 0 aliphatic carbocycles. The second kappa shape index (κ2) is 9.84. The lowest BCUT2D eigenvalue weighted by atomic mass is 9.88. The van der Waals surface area contributed by atoms with E-state index in [1.807, 2.05) is 18.2 Å². The van der Waals surface area contributed by atoms with Crippen LogP contribution in [0.4, 0.5) is 13.2 Å². The molecule has 0 saturated carbocycles. The smallest absolute Gasteiger partial charge is 0.475 e. The maximum absolute atomic E-state index is 12.2. The lowest BCUT2D eigenvalue weighted by Crippen LogP contribution is -2.42. The number of aliphatic carboxylic acids is 1. The van der Waals surface area contributed by atoms with Gasteiger partial charge in [0.05, 0.1) is 5.56 Å². The zero-order valence-electron chi connectivity index (χ0n) is 14.7. The number of benzene rings is 1. The highest BCUT2D eigenvalue weighted by Gasteiger charge is 2.38. The number of hydrogen-bond acceptors (Lipinski definition) is 5. The molecule has 1 fully saturated rings. The summed E-state index contributed by atoms with van der Waals surface area (Å²) >= 11 is 0. The summed E-state index contributed by atoms with van der Waals surface area (Å²) in [5, 5.41) is 10.4. The molecule has 150 valence electrons. The van der Waals surface area contributed by atoms with Crippen molar-refractivity contribution in [1.82, 2.24) is 10.3 Å². The van der Waals surface area contributed by atoms with Gasteiger partial charge in [-0.25, -0.2) is 9.59 Å². The van der Waals surface area contributed by atoms with Crippen LogP contribution in [0, 0.1) is 0 Å². The number of carboxylic acids is 1. The monoisotopic (exact) mass is 396 g/mol. The predicted molar refractivity (Wildman–Crippen MR) is 93.8 cm³/mol. The fourth-order valence-electron chi connectivity index (χ4n) is 2.73. The zero-order chi connectivity index (χ0) is 20.6. The van der Waals surface area contributed by atoms with Crippen molar-refractivity contribution in [2.45, 2.75) is 24.6 Å². The Kier molecular flexibility index (Phi) is 7.51. The standard InChI is InChI=1S/C17H18N2O2.C2HF3O2/c20-17(14-6-9-18-10-7-14)21-16-12-19-11-8-15(16)13-4-2-1-3-5-13;3-2(4,5)1(6)7/h1-7,9-10,15-16,19H,8,11-12H2;(H,6,7)/t15-,16+;/m1./s1. The lowest BCUT2D eigenvalue weighted by molar-refractivity contribution is -0.192. The summed E-state index contributed by atoms with van der Waals surface area (Å²) in [4.78, 5) is 25.0. The molecule has 28 heavy (non-hydrogen) atoms. The van der Waals surface area contributed by atoms with Crippen LogP contribution < -0.4 is 5.32 Å². The fraction of sp³-hybridized carbons (Fsp3) is 0.316. The van der Waals surface area contributed by atoms with E-state index in [0.717, 1.165) is 13.0 Å². The van der Waals surface area contributed by atoms with Crippen LogP contribution in [0.25, 0.3) is 0 Å². The van der Waals surface area contributed by atoms with E-state index in [4.69, 9.17) is 14.6 Å². The van der Waals surface area contributed by atoms with E-state index in [0.29, 0.717) is 12.1 Å². The topological polar surface area (TPSA) is 88.5 Å². The Labute approximate surface area is 159 Å². The van der Waals surface area contributed by atoms with Gasteiger partial charge in [-0.15, -0.1) is 0 Å². The van der Waals surface area contributed by atoms with Gasteiger partial charge in [-0.3, -0.25) is 4.98 Å². The number of carbonyl (C=O) groups excluding carboxylic acids is 1. The molecule has 2 aromatic rings. The number of ether oxygens (including phenoxy) is 1. The van der Waals surface area contributed by atoms with E-state index in [2.05, 4.69) is 22.4 Å². The third-order valence-electron chi connectivity index (χ3n) is 4.07. The molecule has 3 rings (SSSR count). The summed E-state index contributed by atoms with van der Waals surface area (Å²) in [6.45, 7) is 1.64. The minimum Gasteiger partial charge on any atom is -0.475 e. The Bertz CT molecular complexity index is 770. The molecule has 2 heterocycles. The maximum Gasteiger partial charge on any atom is 0.490 e. The number of esters is 1. The van der Waals surface area contributed by atoms with Crippen LogP contribution >= 0.6 is 0 Å². The van der Waals surface area contributed by atoms with Gasteiger partial charge in [0.2, 0.25) is 0 Å². The van der Waals surface area contributed by atoms with E-state index in [-0.39, 0.29) is 18.0 Å². The molecular weight excluding hydrogens is 377 g/mol. The van der Waals surface area contributed by atoms with Gasteiger partial charge in [0.15, 0.2) is 0 Å². The highest BCUT2D eigenvalue weighted by atomic mass is 19.4. The highest BCUT2D eigenvalue weighted by molar-refractivity contribution is 5.89. The number of halogens is 3. The number of carbonyl (C=O) groups is 2. The number of alkyl halides is 3. The van der Waals surface area contributed by atoms with Crippen LogP contribution in [-0.2, 0) is 9.53 Å². The molecule has 0 amide bonds. The first-order valence-electron chi connectivity index (χ1n) is 8.46. The Balaban J connectivity index is 0.000000345. The number of hydrogen-bond donors (Lipinski definition) is 2.